The Morgan fingerprint density at radius 2 is 1.83 bits per heavy atom. The third kappa shape index (κ3) is 3.29. The second-order valence-electron chi connectivity index (χ2n) is 5.41. The van der Waals surface area contributed by atoms with Gasteiger partial charge in [-0.15, -0.1) is 0 Å². The number of pyridine rings is 1. The molecule has 3 rings (SSSR count). The van der Waals surface area contributed by atoms with Crippen LogP contribution in [-0.4, -0.2) is 22.7 Å². The van der Waals surface area contributed by atoms with Gasteiger partial charge in [0, 0.05) is 32.0 Å². The fourth-order valence-electron chi connectivity index (χ4n) is 2.62. The summed E-state index contributed by atoms with van der Waals surface area (Å²) in [5, 5.41) is 4.86. The molecule has 6 heteroatoms. The van der Waals surface area contributed by atoms with Crippen molar-refractivity contribution >= 4 is 34.1 Å². The van der Waals surface area contributed by atoms with Crippen molar-refractivity contribution in [3.8, 4) is 0 Å². The van der Waals surface area contributed by atoms with Gasteiger partial charge in [-0.3, -0.25) is 4.79 Å². The van der Waals surface area contributed by atoms with Crippen LogP contribution in [0.5, 0.6) is 0 Å². The van der Waals surface area contributed by atoms with Crippen LogP contribution < -0.4 is 10.9 Å². The van der Waals surface area contributed by atoms with E-state index in [0.717, 1.165) is 23.0 Å². The Morgan fingerprint density at radius 3 is 2.57 bits per heavy atom. The quantitative estimate of drug-likeness (QED) is 0.766. The summed E-state index contributed by atoms with van der Waals surface area (Å²) in [5.41, 5.74) is 1.99. The highest BCUT2D eigenvalue weighted by atomic mass is 35.5. The molecule has 0 spiro atoms. The molecule has 2 aromatic heterocycles. The van der Waals surface area contributed by atoms with Crippen molar-refractivity contribution in [2.24, 2.45) is 0 Å². The van der Waals surface area contributed by atoms with Gasteiger partial charge in [0.05, 0.1) is 20.9 Å². The number of halogens is 2. The first-order chi connectivity index (χ1) is 11.1. The van der Waals surface area contributed by atoms with Gasteiger partial charge in [-0.05, 0) is 36.9 Å². The molecule has 4 nitrogen and oxygen atoms in total. The average molecular weight is 350 g/mol. The fourth-order valence-corrected chi connectivity index (χ4v) is 2.94. The molecule has 0 saturated carbocycles. The fraction of sp³-hybridized carbons (Fsp3) is 0.235. The van der Waals surface area contributed by atoms with E-state index in [0.29, 0.717) is 23.1 Å². The van der Waals surface area contributed by atoms with Crippen LogP contribution >= 0.6 is 23.2 Å². The Kier molecular flexibility index (Phi) is 4.76. The van der Waals surface area contributed by atoms with Gasteiger partial charge < -0.3 is 14.5 Å². The largest absolute Gasteiger partial charge is 0.343 e. The van der Waals surface area contributed by atoms with Gasteiger partial charge in [0.25, 0.3) is 5.56 Å². The summed E-state index contributed by atoms with van der Waals surface area (Å²) in [6.07, 6.45) is 3.77. The summed E-state index contributed by atoms with van der Waals surface area (Å²) in [7, 11) is 1.87. The smallest absolute Gasteiger partial charge is 0.260 e. The van der Waals surface area contributed by atoms with Crippen molar-refractivity contribution in [3.05, 3.63) is 68.7 Å². The van der Waals surface area contributed by atoms with E-state index in [1.54, 1.807) is 10.6 Å². The first-order valence-electron chi connectivity index (χ1n) is 7.37. The number of nitrogens with one attached hydrogen (secondary N) is 1. The molecule has 120 valence electrons. The van der Waals surface area contributed by atoms with Crippen molar-refractivity contribution in [1.82, 2.24) is 14.5 Å². The number of likely N-dealkylation sites (N-methyl/N-ethyl adjacent to an activating group) is 1. The SMILES string of the molecule is CNCCn1ccc2c(ccn2Cc2ccc(Cl)c(Cl)c2)c1=O. The van der Waals surface area contributed by atoms with E-state index in [-0.39, 0.29) is 5.56 Å². The highest BCUT2D eigenvalue weighted by Gasteiger charge is 2.08. The summed E-state index contributed by atoms with van der Waals surface area (Å²) in [4.78, 5) is 12.5. The van der Waals surface area contributed by atoms with E-state index in [4.69, 9.17) is 23.2 Å². The third-order valence-corrected chi connectivity index (χ3v) is 4.59. The molecule has 0 bridgehead atoms. The summed E-state index contributed by atoms with van der Waals surface area (Å²) >= 11 is 12.0. The van der Waals surface area contributed by atoms with E-state index >= 15 is 0 Å². The minimum Gasteiger partial charge on any atom is -0.343 e. The topological polar surface area (TPSA) is 39.0 Å². The van der Waals surface area contributed by atoms with E-state index in [1.165, 1.54) is 0 Å². The van der Waals surface area contributed by atoms with Gasteiger partial charge in [-0.1, -0.05) is 29.3 Å². The van der Waals surface area contributed by atoms with Crippen molar-refractivity contribution in [2.75, 3.05) is 13.6 Å². The molecule has 0 unspecified atom stereocenters. The summed E-state index contributed by atoms with van der Waals surface area (Å²) in [5.74, 6) is 0. The minimum atomic E-state index is 0.0330. The lowest BCUT2D eigenvalue weighted by Gasteiger charge is -2.09. The molecular weight excluding hydrogens is 333 g/mol. The summed E-state index contributed by atoms with van der Waals surface area (Å²) in [6.45, 7) is 2.05. The Labute approximate surface area is 144 Å². The van der Waals surface area contributed by atoms with Crippen molar-refractivity contribution in [3.63, 3.8) is 0 Å². The van der Waals surface area contributed by atoms with E-state index in [1.807, 2.05) is 48.3 Å². The highest BCUT2D eigenvalue weighted by Crippen LogP contribution is 2.23. The molecule has 0 aliphatic heterocycles. The maximum Gasteiger partial charge on any atom is 0.260 e. The normalized spacial score (nSPS) is 11.3. The van der Waals surface area contributed by atoms with Crippen LogP contribution in [0.15, 0.2) is 47.5 Å². The van der Waals surface area contributed by atoms with Gasteiger partial charge in [0.15, 0.2) is 0 Å². The second kappa shape index (κ2) is 6.79. The number of fused-ring (bicyclic) bond motifs is 1. The molecule has 3 aromatic rings. The zero-order valence-electron chi connectivity index (χ0n) is 12.7. The maximum absolute atomic E-state index is 12.5. The molecule has 0 fully saturated rings. The molecule has 0 atom stereocenters. The van der Waals surface area contributed by atoms with Crippen LogP contribution in [0.1, 0.15) is 5.56 Å². The molecule has 2 heterocycles. The number of nitrogens with zero attached hydrogens (tertiary/aromatic N) is 2. The van der Waals surface area contributed by atoms with Gasteiger partial charge in [-0.2, -0.15) is 0 Å². The van der Waals surface area contributed by atoms with Crippen molar-refractivity contribution in [2.45, 2.75) is 13.1 Å². The van der Waals surface area contributed by atoms with Crippen LogP contribution in [0.3, 0.4) is 0 Å². The molecule has 0 radical (unpaired) electrons. The Hall–Kier alpha value is -1.75. The lowest BCUT2D eigenvalue weighted by atomic mass is 10.2. The molecule has 23 heavy (non-hydrogen) atoms. The van der Waals surface area contributed by atoms with Crippen molar-refractivity contribution < 1.29 is 0 Å². The zero-order valence-corrected chi connectivity index (χ0v) is 14.2. The number of hydrogen-bond acceptors (Lipinski definition) is 2. The monoisotopic (exact) mass is 349 g/mol. The summed E-state index contributed by atoms with van der Waals surface area (Å²) in [6, 6.07) is 9.42. The van der Waals surface area contributed by atoms with Crippen LogP contribution in [0, 0.1) is 0 Å². The molecule has 1 N–H and O–H groups in total. The standard InChI is InChI=1S/C17H17Cl2N3O/c1-20-6-9-21-8-5-16-13(17(21)23)4-7-22(16)11-12-2-3-14(18)15(19)10-12/h2-5,7-8,10,20H,6,9,11H2,1H3. The van der Waals surface area contributed by atoms with Gasteiger partial charge in [0.2, 0.25) is 0 Å². The number of rotatable bonds is 5. The first-order valence-corrected chi connectivity index (χ1v) is 8.12. The minimum absolute atomic E-state index is 0.0330. The van der Waals surface area contributed by atoms with Gasteiger partial charge in [-0.25, -0.2) is 0 Å². The first kappa shape index (κ1) is 16.1. The second-order valence-corrected chi connectivity index (χ2v) is 6.22. The molecule has 0 saturated heterocycles. The van der Waals surface area contributed by atoms with Crippen LogP contribution in [0.4, 0.5) is 0 Å². The zero-order chi connectivity index (χ0) is 16.4. The molecule has 0 amide bonds. The Bertz CT molecular complexity index is 898. The third-order valence-electron chi connectivity index (χ3n) is 3.85. The number of aromatic nitrogens is 2. The van der Waals surface area contributed by atoms with Crippen molar-refractivity contribution in [1.29, 1.82) is 0 Å². The number of benzene rings is 1. The van der Waals surface area contributed by atoms with Gasteiger partial charge >= 0.3 is 0 Å². The van der Waals surface area contributed by atoms with Crippen LogP contribution in [0.25, 0.3) is 10.9 Å². The van der Waals surface area contributed by atoms with Crippen LogP contribution in [-0.2, 0) is 13.1 Å². The Balaban J connectivity index is 1.95. The molecule has 0 aliphatic carbocycles. The lowest BCUT2D eigenvalue weighted by molar-refractivity contribution is 0.629. The maximum atomic E-state index is 12.5. The van der Waals surface area contributed by atoms with Gasteiger partial charge in [0.1, 0.15) is 0 Å². The average Bonchev–Trinajstić information content (AvgIpc) is 2.94. The predicted molar refractivity (Wildman–Crippen MR) is 95.7 cm³/mol. The van der Waals surface area contributed by atoms with E-state index in [9.17, 15) is 4.79 Å². The van der Waals surface area contributed by atoms with Crippen LogP contribution in [0.2, 0.25) is 10.0 Å². The number of hydrogen-bond donors (Lipinski definition) is 1. The van der Waals surface area contributed by atoms with E-state index < -0.39 is 0 Å². The highest BCUT2D eigenvalue weighted by molar-refractivity contribution is 6.42. The summed E-state index contributed by atoms with van der Waals surface area (Å²) < 4.78 is 3.76. The lowest BCUT2D eigenvalue weighted by Crippen LogP contribution is -2.24. The molecule has 0 aliphatic rings. The van der Waals surface area contributed by atoms with E-state index in [2.05, 4.69) is 5.32 Å². The Morgan fingerprint density at radius 1 is 1.04 bits per heavy atom. The molecule has 1 aromatic carbocycles. The predicted octanol–water partition coefficient (Wildman–Crippen LogP) is 3.38. The molecular formula is C17H17Cl2N3O.